The monoisotopic (exact) mass is 333 g/mol. The van der Waals surface area contributed by atoms with Gasteiger partial charge in [-0.05, 0) is 6.07 Å². The zero-order valence-corrected chi connectivity index (χ0v) is 13.2. The molecule has 3 aromatic carbocycles. The molecule has 0 aromatic heterocycles. The summed E-state index contributed by atoms with van der Waals surface area (Å²) in [6, 6.07) is 23.6. The van der Waals surface area contributed by atoms with Gasteiger partial charge in [-0.25, -0.2) is 0 Å². The average molecular weight is 333 g/mol. The second kappa shape index (κ2) is 8.88. The molecule has 0 aliphatic carbocycles. The number of aldehydes is 1. The molecular formula is C20H15NO4. The zero-order valence-electron chi connectivity index (χ0n) is 13.2. The molecular weight excluding hydrogens is 318 g/mol. The number of hydrogen-bond donors (Lipinski definition) is 0. The summed E-state index contributed by atoms with van der Waals surface area (Å²) in [6.07, 6.45) is 0.833. The first-order valence-corrected chi connectivity index (χ1v) is 7.47. The number of nitro groups is 1. The van der Waals surface area contributed by atoms with Gasteiger partial charge in [0.25, 0.3) is 5.69 Å². The number of ketones is 1. The molecule has 5 heteroatoms. The topological polar surface area (TPSA) is 77.3 Å². The van der Waals surface area contributed by atoms with E-state index in [9.17, 15) is 19.7 Å². The zero-order chi connectivity index (χ0) is 18.1. The summed E-state index contributed by atoms with van der Waals surface area (Å²) < 4.78 is 0. The van der Waals surface area contributed by atoms with E-state index in [-0.39, 0.29) is 17.0 Å². The van der Waals surface area contributed by atoms with E-state index in [1.807, 2.05) is 18.2 Å². The Hall–Kier alpha value is -3.60. The number of nitrogens with zero attached hydrogens (tertiary/aromatic N) is 1. The maximum Gasteiger partial charge on any atom is 0.280 e. The largest absolute Gasteiger partial charge is 0.298 e. The minimum atomic E-state index is -0.545. The third kappa shape index (κ3) is 4.94. The van der Waals surface area contributed by atoms with Crippen molar-refractivity contribution in [3.8, 4) is 0 Å². The minimum Gasteiger partial charge on any atom is -0.298 e. The molecule has 0 fully saturated rings. The molecule has 0 aliphatic rings. The molecule has 0 N–H and O–H groups in total. The first-order chi connectivity index (χ1) is 12.1. The average Bonchev–Trinajstić information content (AvgIpc) is 2.69. The molecule has 0 saturated carbocycles. The Morgan fingerprint density at radius 1 is 0.800 bits per heavy atom. The maximum atomic E-state index is 12.1. The van der Waals surface area contributed by atoms with Gasteiger partial charge >= 0.3 is 0 Å². The van der Waals surface area contributed by atoms with Crippen LogP contribution < -0.4 is 0 Å². The molecule has 3 rings (SSSR count). The quantitative estimate of drug-likeness (QED) is 0.308. The van der Waals surface area contributed by atoms with E-state index in [1.165, 1.54) is 12.1 Å². The van der Waals surface area contributed by atoms with Gasteiger partial charge in [0.1, 0.15) is 11.8 Å². The Bertz CT molecular complexity index is 861. The van der Waals surface area contributed by atoms with E-state index in [2.05, 4.69) is 0 Å². The highest BCUT2D eigenvalue weighted by molar-refractivity contribution is 6.11. The molecule has 0 amide bonds. The molecule has 5 nitrogen and oxygen atoms in total. The fourth-order valence-electron chi connectivity index (χ4n) is 2.10. The van der Waals surface area contributed by atoms with E-state index in [0.717, 1.165) is 11.8 Å². The van der Waals surface area contributed by atoms with Crippen molar-refractivity contribution in [1.29, 1.82) is 0 Å². The van der Waals surface area contributed by atoms with Crippen LogP contribution in [0.3, 0.4) is 0 Å². The molecule has 0 spiro atoms. The predicted octanol–water partition coefficient (Wildman–Crippen LogP) is 4.32. The van der Waals surface area contributed by atoms with Gasteiger partial charge in [-0.3, -0.25) is 19.7 Å². The molecule has 0 atom stereocenters. The van der Waals surface area contributed by atoms with Gasteiger partial charge in [0.05, 0.1) is 4.92 Å². The number of carbonyl (C=O) groups is 2. The lowest BCUT2D eigenvalue weighted by Gasteiger charge is -2.01. The third-order valence-corrected chi connectivity index (χ3v) is 3.32. The van der Waals surface area contributed by atoms with Gasteiger partial charge in [-0.15, -0.1) is 0 Å². The van der Waals surface area contributed by atoms with Crippen LogP contribution in [0.15, 0.2) is 84.9 Å². The third-order valence-electron chi connectivity index (χ3n) is 3.32. The van der Waals surface area contributed by atoms with Crippen molar-refractivity contribution in [2.24, 2.45) is 0 Å². The van der Waals surface area contributed by atoms with Gasteiger partial charge in [-0.1, -0.05) is 72.8 Å². The Morgan fingerprint density at radius 2 is 1.32 bits per heavy atom. The summed E-state index contributed by atoms with van der Waals surface area (Å²) in [5.74, 6) is -0.335. The summed E-state index contributed by atoms with van der Waals surface area (Å²) in [5, 5.41) is 10.8. The molecule has 0 saturated heterocycles. The molecule has 25 heavy (non-hydrogen) atoms. The van der Waals surface area contributed by atoms with Crippen LogP contribution in [0.5, 0.6) is 0 Å². The van der Waals surface area contributed by atoms with Crippen molar-refractivity contribution in [2.45, 2.75) is 0 Å². The molecule has 0 radical (unpaired) electrons. The molecule has 0 unspecified atom stereocenters. The van der Waals surface area contributed by atoms with Crippen molar-refractivity contribution in [1.82, 2.24) is 0 Å². The smallest absolute Gasteiger partial charge is 0.280 e. The minimum absolute atomic E-state index is 0.115. The molecule has 124 valence electrons. The van der Waals surface area contributed by atoms with E-state index in [0.29, 0.717) is 5.56 Å². The van der Waals surface area contributed by atoms with Crippen LogP contribution in [0.2, 0.25) is 0 Å². The lowest BCUT2D eigenvalue weighted by atomic mass is 10.0. The second-order valence-corrected chi connectivity index (χ2v) is 5.00. The summed E-state index contributed by atoms with van der Waals surface area (Å²) in [4.78, 5) is 32.3. The van der Waals surface area contributed by atoms with Crippen molar-refractivity contribution in [3.63, 3.8) is 0 Å². The van der Waals surface area contributed by atoms with E-state index in [1.54, 1.807) is 54.6 Å². The Kier molecular flexibility index (Phi) is 6.31. The maximum absolute atomic E-state index is 12.1. The van der Waals surface area contributed by atoms with Crippen molar-refractivity contribution in [2.75, 3.05) is 0 Å². The summed E-state index contributed by atoms with van der Waals surface area (Å²) >= 11 is 0. The highest BCUT2D eigenvalue weighted by Crippen LogP contribution is 2.20. The lowest BCUT2D eigenvalue weighted by Crippen LogP contribution is -2.04. The van der Waals surface area contributed by atoms with Crippen molar-refractivity contribution < 1.29 is 14.5 Å². The Labute approximate surface area is 144 Å². The van der Waals surface area contributed by atoms with E-state index < -0.39 is 4.92 Å². The molecule has 3 aromatic rings. The fraction of sp³-hybridized carbons (Fsp3) is 0. The summed E-state index contributed by atoms with van der Waals surface area (Å²) in [7, 11) is 0. The normalized spacial score (nSPS) is 9.44. The second-order valence-electron chi connectivity index (χ2n) is 5.00. The van der Waals surface area contributed by atoms with E-state index >= 15 is 0 Å². The molecule has 0 bridgehead atoms. The van der Waals surface area contributed by atoms with Gasteiger partial charge in [0.2, 0.25) is 0 Å². The first kappa shape index (κ1) is 17.7. The number of nitro benzene ring substituents is 1. The van der Waals surface area contributed by atoms with Crippen molar-refractivity contribution in [3.05, 3.63) is 112 Å². The van der Waals surface area contributed by atoms with E-state index in [4.69, 9.17) is 0 Å². The van der Waals surface area contributed by atoms with Gasteiger partial charge in [0, 0.05) is 17.2 Å². The van der Waals surface area contributed by atoms with Crippen molar-refractivity contribution >= 4 is 17.8 Å². The predicted molar refractivity (Wildman–Crippen MR) is 94.8 cm³/mol. The number of rotatable bonds is 4. The van der Waals surface area contributed by atoms with Crippen LogP contribution in [0.25, 0.3) is 0 Å². The fourth-order valence-corrected chi connectivity index (χ4v) is 2.10. The SMILES string of the molecule is O=C(c1ccccc1)c1ccccc1[N+](=O)[O-].O=Cc1ccccc1. The highest BCUT2D eigenvalue weighted by Gasteiger charge is 2.19. The number of para-hydroxylation sites is 1. The van der Waals surface area contributed by atoms with Crippen LogP contribution in [-0.4, -0.2) is 17.0 Å². The highest BCUT2D eigenvalue weighted by atomic mass is 16.6. The van der Waals surface area contributed by atoms with Crippen LogP contribution in [0, 0.1) is 10.1 Å². The lowest BCUT2D eigenvalue weighted by molar-refractivity contribution is -0.385. The standard InChI is InChI=1S/C13H9NO3.C7H6O/c15-13(10-6-2-1-3-7-10)11-8-4-5-9-12(11)14(16)17;8-6-7-4-2-1-3-5-7/h1-9H;1-6H. The van der Waals surface area contributed by atoms with Crippen LogP contribution in [0.4, 0.5) is 5.69 Å². The number of carbonyl (C=O) groups excluding carboxylic acids is 2. The van der Waals surface area contributed by atoms with Crippen LogP contribution >= 0.6 is 0 Å². The Morgan fingerprint density at radius 3 is 1.84 bits per heavy atom. The van der Waals surface area contributed by atoms with Gasteiger partial charge in [-0.2, -0.15) is 0 Å². The van der Waals surface area contributed by atoms with Crippen LogP contribution in [0.1, 0.15) is 26.3 Å². The molecule has 0 heterocycles. The Balaban J connectivity index is 0.000000236. The van der Waals surface area contributed by atoms with Crippen LogP contribution in [-0.2, 0) is 0 Å². The summed E-state index contributed by atoms with van der Waals surface area (Å²) in [5.41, 5.74) is 1.12. The van der Waals surface area contributed by atoms with Gasteiger partial charge < -0.3 is 0 Å². The van der Waals surface area contributed by atoms with Gasteiger partial charge in [0.15, 0.2) is 5.78 Å². The molecule has 0 aliphatic heterocycles. The number of benzene rings is 3. The first-order valence-electron chi connectivity index (χ1n) is 7.47. The summed E-state index contributed by atoms with van der Waals surface area (Å²) in [6.45, 7) is 0. The number of hydrogen-bond acceptors (Lipinski definition) is 4.